The van der Waals surface area contributed by atoms with Crippen molar-refractivity contribution in [1.82, 2.24) is 5.32 Å². The fraction of sp³-hybridized carbons (Fsp3) is 0.455. The first-order chi connectivity index (χ1) is 6.30. The molecule has 1 saturated heterocycles. The van der Waals surface area contributed by atoms with Gasteiger partial charge in [-0.05, 0) is 49.1 Å². The third kappa shape index (κ3) is 1.02. The van der Waals surface area contributed by atoms with Crippen LogP contribution < -0.4 is 5.32 Å². The largest absolute Gasteiger partial charge is 0.307 e. The summed E-state index contributed by atoms with van der Waals surface area (Å²) in [4.78, 5) is 0. The van der Waals surface area contributed by atoms with Gasteiger partial charge in [-0.15, -0.1) is 0 Å². The Kier molecular flexibility index (Phi) is 1.59. The van der Waals surface area contributed by atoms with Crippen LogP contribution in [0.5, 0.6) is 0 Å². The van der Waals surface area contributed by atoms with E-state index >= 15 is 0 Å². The molecule has 1 heterocycles. The summed E-state index contributed by atoms with van der Waals surface area (Å²) in [5.41, 5.74) is 3.44. The van der Waals surface area contributed by atoms with Crippen LogP contribution in [-0.2, 0) is 12.0 Å². The predicted octanol–water partition coefficient (Wildman–Crippen LogP) is 2.58. The second-order valence-electron chi connectivity index (χ2n) is 4.06. The van der Waals surface area contributed by atoms with Crippen molar-refractivity contribution < 1.29 is 0 Å². The van der Waals surface area contributed by atoms with Gasteiger partial charge >= 0.3 is 0 Å². The third-order valence-corrected chi connectivity index (χ3v) is 3.91. The van der Waals surface area contributed by atoms with E-state index in [4.69, 9.17) is 0 Å². The van der Waals surface area contributed by atoms with Crippen LogP contribution in [0.25, 0.3) is 0 Å². The first-order valence-corrected chi connectivity index (χ1v) is 5.63. The van der Waals surface area contributed by atoms with E-state index in [2.05, 4.69) is 39.4 Å². The maximum atomic E-state index is 3.58. The molecule has 1 spiro atoms. The van der Waals surface area contributed by atoms with Crippen LogP contribution in [0.15, 0.2) is 22.7 Å². The average Bonchev–Trinajstić information content (AvgIpc) is 2.41. The summed E-state index contributed by atoms with van der Waals surface area (Å²) >= 11 is 3.52. The Labute approximate surface area is 86.7 Å². The number of hydrogen-bond acceptors (Lipinski definition) is 1. The van der Waals surface area contributed by atoms with Crippen molar-refractivity contribution in [2.75, 3.05) is 6.54 Å². The number of halogens is 1. The van der Waals surface area contributed by atoms with Crippen molar-refractivity contribution >= 4 is 15.9 Å². The van der Waals surface area contributed by atoms with E-state index in [1.54, 1.807) is 5.56 Å². The second-order valence-corrected chi connectivity index (χ2v) is 4.98. The lowest BCUT2D eigenvalue weighted by Gasteiger charge is -2.41. The Morgan fingerprint density at radius 3 is 2.85 bits per heavy atom. The van der Waals surface area contributed by atoms with E-state index < -0.39 is 0 Å². The number of fused-ring (bicyclic) bond motifs is 2. The second kappa shape index (κ2) is 2.58. The molecule has 1 aliphatic heterocycles. The van der Waals surface area contributed by atoms with Crippen LogP contribution >= 0.6 is 15.9 Å². The summed E-state index contributed by atoms with van der Waals surface area (Å²) in [7, 11) is 0. The minimum Gasteiger partial charge on any atom is -0.307 e. The highest BCUT2D eigenvalue weighted by atomic mass is 79.9. The van der Waals surface area contributed by atoms with E-state index in [0.717, 1.165) is 0 Å². The molecule has 68 valence electrons. The van der Waals surface area contributed by atoms with Crippen LogP contribution in [-0.4, -0.2) is 6.54 Å². The maximum Gasteiger partial charge on any atom is 0.0452 e. The van der Waals surface area contributed by atoms with Crippen LogP contribution in [0.3, 0.4) is 0 Å². The molecular formula is C11H12BrN. The molecule has 0 saturated carbocycles. The molecule has 0 aromatic heterocycles. The van der Waals surface area contributed by atoms with E-state index in [9.17, 15) is 0 Å². The highest BCUT2D eigenvalue weighted by Crippen LogP contribution is 2.43. The molecule has 1 aliphatic carbocycles. The first-order valence-electron chi connectivity index (χ1n) is 4.84. The van der Waals surface area contributed by atoms with Crippen molar-refractivity contribution in [2.24, 2.45) is 0 Å². The van der Waals surface area contributed by atoms with Crippen molar-refractivity contribution in [1.29, 1.82) is 0 Å². The van der Waals surface area contributed by atoms with Gasteiger partial charge in [0, 0.05) is 10.0 Å². The van der Waals surface area contributed by atoms with Crippen LogP contribution in [0, 0.1) is 0 Å². The van der Waals surface area contributed by atoms with Gasteiger partial charge in [0.2, 0.25) is 0 Å². The van der Waals surface area contributed by atoms with Gasteiger partial charge in [0.15, 0.2) is 0 Å². The molecule has 1 atom stereocenters. The predicted molar refractivity (Wildman–Crippen MR) is 56.8 cm³/mol. The molecule has 1 aromatic carbocycles. The highest BCUT2D eigenvalue weighted by molar-refractivity contribution is 9.10. The van der Waals surface area contributed by atoms with Gasteiger partial charge in [0.1, 0.15) is 0 Å². The number of rotatable bonds is 0. The lowest BCUT2D eigenvalue weighted by molar-refractivity contribution is 0.210. The minimum atomic E-state index is 0.371. The van der Waals surface area contributed by atoms with Gasteiger partial charge in [-0.2, -0.15) is 0 Å². The molecule has 1 fully saturated rings. The molecule has 1 N–H and O–H groups in total. The molecule has 1 nitrogen and oxygen atoms in total. The van der Waals surface area contributed by atoms with E-state index in [1.807, 2.05) is 0 Å². The van der Waals surface area contributed by atoms with Crippen LogP contribution in [0.4, 0.5) is 0 Å². The van der Waals surface area contributed by atoms with Crippen molar-refractivity contribution in [3.8, 4) is 0 Å². The summed E-state index contributed by atoms with van der Waals surface area (Å²) in [5.74, 6) is 0. The van der Waals surface area contributed by atoms with Gasteiger partial charge in [-0.3, -0.25) is 0 Å². The van der Waals surface area contributed by atoms with Crippen LogP contribution in [0.1, 0.15) is 24.0 Å². The number of nitrogens with one attached hydrogen (secondary N) is 1. The number of aryl methyl sites for hydroxylation is 1. The van der Waals surface area contributed by atoms with Crippen LogP contribution in [0.2, 0.25) is 0 Å². The maximum absolute atomic E-state index is 3.58. The average molecular weight is 238 g/mol. The summed E-state index contributed by atoms with van der Waals surface area (Å²) < 4.78 is 1.21. The Bertz CT molecular complexity index is 355. The van der Waals surface area contributed by atoms with E-state index in [0.29, 0.717) is 5.54 Å². The zero-order valence-corrected chi connectivity index (χ0v) is 9.02. The normalized spacial score (nSPS) is 30.2. The molecule has 2 heteroatoms. The molecule has 2 aliphatic rings. The van der Waals surface area contributed by atoms with Crippen molar-refractivity contribution in [2.45, 2.75) is 24.8 Å². The third-order valence-electron chi connectivity index (χ3n) is 3.42. The molecular weight excluding hydrogens is 226 g/mol. The monoisotopic (exact) mass is 237 g/mol. The molecule has 3 rings (SSSR count). The summed E-state index contributed by atoms with van der Waals surface area (Å²) in [5, 5.41) is 3.58. The zero-order chi connectivity index (χ0) is 8.89. The molecule has 13 heavy (non-hydrogen) atoms. The van der Waals surface area contributed by atoms with E-state index in [-0.39, 0.29) is 0 Å². The molecule has 1 aromatic rings. The van der Waals surface area contributed by atoms with Gasteiger partial charge in [-0.1, -0.05) is 22.0 Å². The van der Waals surface area contributed by atoms with E-state index in [1.165, 1.54) is 35.8 Å². The summed E-state index contributed by atoms with van der Waals surface area (Å²) in [6.45, 7) is 1.19. The quantitative estimate of drug-likeness (QED) is 0.732. The summed E-state index contributed by atoms with van der Waals surface area (Å²) in [6, 6.07) is 6.70. The van der Waals surface area contributed by atoms with Gasteiger partial charge < -0.3 is 5.32 Å². The van der Waals surface area contributed by atoms with Gasteiger partial charge in [0.25, 0.3) is 0 Å². The molecule has 0 bridgehead atoms. The summed E-state index contributed by atoms with van der Waals surface area (Å²) in [6.07, 6.45) is 3.85. The van der Waals surface area contributed by atoms with Gasteiger partial charge in [0.05, 0.1) is 0 Å². The molecule has 0 amide bonds. The highest BCUT2D eigenvalue weighted by Gasteiger charge is 2.42. The lowest BCUT2D eigenvalue weighted by atomic mass is 9.82. The fourth-order valence-corrected chi connectivity index (χ4v) is 3.00. The smallest absolute Gasteiger partial charge is 0.0452 e. The Morgan fingerprint density at radius 1 is 1.31 bits per heavy atom. The number of benzene rings is 1. The standard InChI is InChI=1S/C11H12BrN/c12-9-1-2-10-8(7-9)3-4-11(10)5-6-13-11/h1-2,7,13H,3-6H2/t11-/m1/s1. The van der Waals surface area contributed by atoms with Crippen molar-refractivity contribution in [3.63, 3.8) is 0 Å². The van der Waals surface area contributed by atoms with Gasteiger partial charge in [-0.25, -0.2) is 0 Å². The Morgan fingerprint density at radius 2 is 2.15 bits per heavy atom. The fourth-order valence-electron chi connectivity index (χ4n) is 2.59. The Balaban J connectivity index is 2.11. The molecule has 0 radical (unpaired) electrons. The molecule has 0 unspecified atom stereocenters. The topological polar surface area (TPSA) is 12.0 Å². The first kappa shape index (κ1) is 8.01. The SMILES string of the molecule is Brc1ccc2c(c1)CC[C@@]21CCN1. The number of hydrogen-bond donors (Lipinski definition) is 1. The lowest BCUT2D eigenvalue weighted by Crippen LogP contribution is -2.52. The Hall–Kier alpha value is -0.340. The zero-order valence-electron chi connectivity index (χ0n) is 7.44. The van der Waals surface area contributed by atoms with Crippen molar-refractivity contribution in [3.05, 3.63) is 33.8 Å². The minimum absolute atomic E-state index is 0.371.